The van der Waals surface area contributed by atoms with Crippen LogP contribution in [0, 0.1) is 11.7 Å². The number of carboxylic acids is 1. The lowest BCUT2D eigenvalue weighted by Gasteiger charge is -2.31. The molecule has 2 aliphatic rings. The number of carbonyl (C=O) groups excluding carboxylic acids is 2. The molecule has 1 heterocycles. The zero-order valence-electron chi connectivity index (χ0n) is 20.0. The molecule has 0 spiro atoms. The van der Waals surface area contributed by atoms with Crippen molar-refractivity contribution in [3.63, 3.8) is 0 Å². The number of nitrogens with zero attached hydrogens (tertiary/aromatic N) is 1. The zero-order valence-corrected chi connectivity index (χ0v) is 20.0. The van der Waals surface area contributed by atoms with Gasteiger partial charge in [-0.2, -0.15) is 0 Å². The minimum Gasteiger partial charge on any atom is -0.481 e. The molecule has 0 unspecified atom stereocenters. The number of amides is 2. The predicted octanol–water partition coefficient (Wildman–Crippen LogP) is 3.84. The van der Waals surface area contributed by atoms with Gasteiger partial charge in [0.2, 0.25) is 0 Å². The van der Waals surface area contributed by atoms with E-state index in [9.17, 15) is 18.8 Å². The molecule has 1 aromatic heterocycles. The van der Waals surface area contributed by atoms with E-state index < -0.39 is 29.4 Å². The lowest BCUT2D eigenvalue weighted by molar-refractivity contribution is -0.142. The number of hydrogen-bond donors (Lipinski definition) is 4. The Bertz CT molecular complexity index is 888. The van der Waals surface area contributed by atoms with E-state index in [0.717, 1.165) is 6.20 Å². The molecule has 2 amide bonds. The van der Waals surface area contributed by atoms with Crippen LogP contribution in [0.1, 0.15) is 82.5 Å². The Labute approximate surface area is 199 Å². The van der Waals surface area contributed by atoms with Crippen LogP contribution in [-0.4, -0.2) is 51.8 Å². The molecule has 2 saturated carbocycles. The van der Waals surface area contributed by atoms with Gasteiger partial charge in [-0.05, 0) is 78.2 Å². The number of pyridine rings is 1. The maximum Gasteiger partial charge on any atom is 0.407 e. The first-order valence-corrected chi connectivity index (χ1v) is 12.0. The van der Waals surface area contributed by atoms with E-state index in [1.165, 1.54) is 6.07 Å². The third-order valence-corrected chi connectivity index (χ3v) is 6.30. The average molecular weight is 479 g/mol. The Kier molecular flexibility index (Phi) is 8.33. The second kappa shape index (κ2) is 11.0. The summed E-state index contributed by atoms with van der Waals surface area (Å²) in [5, 5.41) is 18.2. The molecule has 0 aromatic carbocycles. The van der Waals surface area contributed by atoms with Crippen molar-refractivity contribution >= 4 is 23.8 Å². The summed E-state index contributed by atoms with van der Waals surface area (Å²) in [5.74, 6) is -1.83. The van der Waals surface area contributed by atoms with E-state index in [2.05, 4.69) is 20.9 Å². The van der Waals surface area contributed by atoms with Crippen molar-refractivity contribution in [3.8, 4) is 0 Å². The molecule has 2 fully saturated rings. The molecule has 1 aromatic rings. The van der Waals surface area contributed by atoms with Gasteiger partial charge in [-0.15, -0.1) is 0 Å². The van der Waals surface area contributed by atoms with Gasteiger partial charge in [0, 0.05) is 18.1 Å². The van der Waals surface area contributed by atoms with Crippen LogP contribution < -0.4 is 16.0 Å². The van der Waals surface area contributed by atoms with Gasteiger partial charge >= 0.3 is 12.1 Å². The van der Waals surface area contributed by atoms with Gasteiger partial charge < -0.3 is 25.8 Å². The maximum absolute atomic E-state index is 13.9. The third-order valence-electron chi connectivity index (χ3n) is 6.30. The smallest absolute Gasteiger partial charge is 0.407 e. The predicted molar refractivity (Wildman–Crippen MR) is 124 cm³/mol. The Morgan fingerprint density at radius 2 is 1.53 bits per heavy atom. The van der Waals surface area contributed by atoms with Crippen molar-refractivity contribution in [2.75, 3.05) is 5.32 Å². The number of aliphatic carboxylic acids is 1. The van der Waals surface area contributed by atoms with Crippen molar-refractivity contribution in [3.05, 3.63) is 23.6 Å². The highest BCUT2D eigenvalue weighted by Crippen LogP contribution is 2.28. The molecule has 2 aliphatic carbocycles. The Hall–Kier alpha value is -2.91. The van der Waals surface area contributed by atoms with E-state index in [1.807, 2.05) is 20.8 Å². The summed E-state index contributed by atoms with van der Waals surface area (Å²) in [6.07, 6.45) is 5.76. The molecular weight excluding hydrogens is 443 g/mol. The van der Waals surface area contributed by atoms with E-state index in [1.54, 1.807) is 0 Å². The number of alkyl carbamates (subject to hydrolysis) is 1. The molecular formula is C24H35FN4O5. The van der Waals surface area contributed by atoms with Crippen LogP contribution in [0.25, 0.3) is 0 Å². The molecule has 4 N–H and O–H groups in total. The summed E-state index contributed by atoms with van der Waals surface area (Å²) in [6, 6.07) is 1.04. The molecule has 3 rings (SSSR count). The highest BCUT2D eigenvalue weighted by molar-refractivity contribution is 5.99. The number of carboxylic acid groups (broad SMARTS) is 1. The summed E-state index contributed by atoms with van der Waals surface area (Å²) in [4.78, 5) is 40.2. The van der Waals surface area contributed by atoms with Crippen LogP contribution in [0.4, 0.5) is 15.0 Å². The number of rotatable bonds is 6. The van der Waals surface area contributed by atoms with Crippen LogP contribution in [0.5, 0.6) is 0 Å². The number of anilines is 1. The summed E-state index contributed by atoms with van der Waals surface area (Å²) >= 11 is 0. The first kappa shape index (κ1) is 25.7. The first-order valence-electron chi connectivity index (χ1n) is 12.0. The molecule has 0 bridgehead atoms. The average Bonchev–Trinajstić information content (AvgIpc) is 2.75. The summed E-state index contributed by atoms with van der Waals surface area (Å²) < 4.78 is 19.2. The van der Waals surface area contributed by atoms with Gasteiger partial charge in [0.05, 0.1) is 17.7 Å². The van der Waals surface area contributed by atoms with E-state index in [4.69, 9.17) is 9.84 Å². The van der Waals surface area contributed by atoms with E-state index >= 15 is 0 Å². The van der Waals surface area contributed by atoms with Gasteiger partial charge in [0.25, 0.3) is 5.91 Å². The number of carbonyl (C=O) groups is 3. The summed E-state index contributed by atoms with van der Waals surface area (Å²) in [6.45, 7) is 5.43. The van der Waals surface area contributed by atoms with Gasteiger partial charge in [0.15, 0.2) is 0 Å². The number of hydrogen-bond acceptors (Lipinski definition) is 6. The van der Waals surface area contributed by atoms with Crippen LogP contribution in [0.3, 0.4) is 0 Å². The fourth-order valence-corrected chi connectivity index (χ4v) is 4.52. The van der Waals surface area contributed by atoms with Crippen molar-refractivity contribution in [1.29, 1.82) is 0 Å². The number of nitrogens with one attached hydrogen (secondary N) is 3. The molecule has 0 atom stereocenters. The first-order chi connectivity index (χ1) is 16.0. The largest absolute Gasteiger partial charge is 0.481 e. The topological polar surface area (TPSA) is 130 Å². The molecule has 9 nitrogen and oxygen atoms in total. The van der Waals surface area contributed by atoms with Crippen LogP contribution in [-0.2, 0) is 9.53 Å². The van der Waals surface area contributed by atoms with Crippen molar-refractivity contribution in [2.24, 2.45) is 5.92 Å². The highest BCUT2D eigenvalue weighted by atomic mass is 19.1. The van der Waals surface area contributed by atoms with Crippen LogP contribution in [0.15, 0.2) is 12.3 Å². The Morgan fingerprint density at radius 1 is 0.971 bits per heavy atom. The fraction of sp³-hybridized carbons (Fsp3) is 0.667. The van der Waals surface area contributed by atoms with Gasteiger partial charge in [-0.25, -0.2) is 14.2 Å². The second-order valence-corrected chi connectivity index (χ2v) is 10.2. The molecule has 0 radical (unpaired) electrons. The van der Waals surface area contributed by atoms with E-state index in [0.29, 0.717) is 57.2 Å². The van der Waals surface area contributed by atoms with Crippen molar-refractivity contribution in [1.82, 2.24) is 15.6 Å². The molecule has 0 aliphatic heterocycles. The lowest BCUT2D eigenvalue weighted by atomic mass is 9.86. The van der Waals surface area contributed by atoms with Gasteiger partial charge in [-0.1, -0.05) is 0 Å². The SMILES string of the molecule is CC(C)(C)OC(=O)N[C@H]1CC[C@@H](NC(=O)c2cc(F)cnc2N[C@H]2CC[C@H](C(=O)O)CC2)CC1. The Balaban J connectivity index is 1.53. The van der Waals surface area contributed by atoms with Crippen molar-refractivity contribution in [2.45, 2.75) is 95.9 Å². The van der Waals surface area contributed by atoms with Crippen LogP contribution >= 0.6 is 0 Å². The maximum atomic E-state index is 13.9. The Morgan fingerprint density at radius 3 is 2.09 bits per heavy atom. The van der Waals surface area contributed by atoms with Crippen LogP contribution in [0.2, 0.25) is 0 Å². The minimum atomic E-state index is -0.783. The fourth-order valence-electron chi connectivity index (χ4n) is 4.52. The minimum absolute atomic E-state index is 0.0167. The number of halogens is 1. The number of ether oxygens (including phenoxy) is 1. The second-order valence-electron chi connectivity index (χ2n) is 10.2. The normalized spacial score (nSPS) is 25.2. The molecule has 10 heteroatoms. The standard InChI is InChI=1S/C24H35FN4O5/c1-24(2,3)34-23(33)29-18-10-8-17(9-11-18)28-21(30)19-12-15(25)13-26-20(19)27-16-6-4-14(5-7-16)22(31)32/h12-14,16-18H,4-11H2,1-3H3,(H,26,27)(H,28,30)(H,29,33)(H,31,32)/t14-,16-,17-,18+. The quantitative estimate of drug-likeness (QED) is 0.489. The number of aromatic nitrogens is 1. The lowest BCUT2D eigenvalue weighted by Crippen LogP contribution is -2.45. The van der Waals surface area contributed by atoms with Crippen molar-refractivity contribution < 1.29 is 28.6 Å². The summed E-state index contributed by atoms with van der Waals surface area (Å²) in [7, 11) is 0. The molecule has 34 heavy (non-hydrogen) atoms. The zero-order chi connectivity index (χ0) is 24.9. The van der Waals surface area contributed by atoms with Gasteiger partial charge in [0.1, 0.15) is 17.2 Å². The monoisotopic (exact) mass is 478 g/mol. The molecule has 0 saturated heterocycles. The molecule has 188 valence electrons. The van der Waals surface area contributed by atoms with Gasteiger partial charge in [-0.3, -0.25) is 9.59 Å². The highest BCUT2D eigenvalue weighted by Gasteiger charge is 2.29. The third kappa shape index (κ3) is 7.56. The summed E-state index contributed by atoms with van der Waals surface area (Å²) in [5.41, 5.74) is -0.426. The van der Waals surface area contributed by atoms with E-state index in [-0.39, 0.29) is 29.6 Å².